The van der Waals surface area contributed by atoms with Crippen molar-refractivity contribution >= 4 is 59.3 Å². The van der Waals surface area contributed by atoms with E-state index in [0.29, 0.717) is 41.4 Å². The first kappa shape index (κ1) is 33.2. The van der Waals surface area contributed by atoms with Gasteiger partial charge in [-0.25, -0.2) is 14.4 Å². The third-order valence-corrected chi connectivity index (χ3v) is 11.0. The van der Waals surface area contributed by atoms with E-state index in [9.17, 15) is 28.8 Å². The number of hydroxylamine groups is 2. The van der Waals surface area contributed by atoms with Crippen molar-refractivity contribution in [3.8, 4) is 0 Å². The molecule has 0 aliphatic carbocycles. The summed E-state index contributed by atoms with van der Waals surface area (Å²) in [6.07, 6.45) is 6.82. The Morgan fingerprint density at radius 3 is 1.86 bits per heavy atom. The molecule has 0 unspecified atom stereocenters. The molecule has 0 radical (unpaired) electrons. The van der Waals surface area contributed by atoms with E-state index in [1.807, 2.05) is 23.5 Å². The number of carbonyl (C=O) groups is 6. The average molecular weight is 643 g/mol. The summed E-state index contributed by atoms with van der Waals surface area (Å²) in [4.78, 5) is 73.2. The molecule has 7 amide bonds. The van der Waals surface area contributed by atoms with Crippen molar-refractivity contribution in [1.82, 2.24) is 31.6 Å². The predicted octanol–water partition coefficient (Wildman–Crippen LogP) is 0.530. The van der Waals surface area contributed by atoms with Gasteiger partial charge in [0.1, 0.15) is 0 Å². The highest BCUT2D eigenvalue weighted by atomic mass is 32.2. The van der Waals surface area contributed by atoms with Gasteiger partial charge in [-0.3, -0.25) is 14.4 Å². The number of urea groups is 2. The van der Waals surface area contributed by atoms with Crippen molar-refractivity contribution in [2.24, 2.45) is 0 Å². The molecule has 0 aromatic heterocycles. The van der Waals surface area contributed by atoms with Crippen molar-refractivity contribution in [2.45, 2.75) is 105 Å². The van der Waals surface area contributed by atoms with Crippen LogP contribution in [-0.2, 0) is 24.0 Å². The van der Waals surface area contributed by atoms with Gasteiger partial charge >= 0.3 is 18.0 Å². The summed E-state index contributed by atoms with van der Waals surface area (Å²) in [5, 5.41) is 24.5. The molecule has 6 N–H and O–H groups in total. The smallest absolute Gasteiger partial charge is 0.333 e. The number of rotatable bonds is 14. The van der Waals surface area contributed by atoms with Crippen LogP contribution in [0.5, 0.6) is 0 Å². The van der Waals surface area contributed by atoms with Crippen LogP contribution in [0.25, 0.3) is 0 Å². The summed E-state index contributed by atoms with van der Waals surface area (Å²) in [6.45, 7) is 0.663. The molecular weight excluding hydrogens is 600 g/mol. The van der Waals surface area contributed by atoms with Crippen LogP contribution in [0.15, 0.2) is 0 Å². The van der Waals surface area contributed by atoms with Gasteiger partial charge in [-0.2, -0.15) is 23.5 Å². The van der Waals surface area contributed by atoms with Gasteiger partial charge in [0.2, 0.25) is 5.91 Å². The maximum atomic E-state index is 11.7. The number of carbonyl (C=O) groups excluding carboxylic acids is 6. The zero-order valence-corrected chi connectivity index (χ0v) is 25.8. The van der Waals surface area contributed by atoms with Gasteiger partial charge in [0.05, 0.1) is 24.2 Å². The minimum absolute atomic E-state index is 0.0476. The molecule has 6 atom stereocenters. The third kappa shape index (κ3) is 9.63. The van der Waals surface area contributed by atoms with E-state index >= 15 is 0 Å². The molecule has 5 aliphatic rings. The quantitative estimate of drug-likeness (QED) is 0.0884. The molecule has 5 rings (SSSR count). The number of aliphatic hydroxyl groups is 1. The lowest BCUT2D eigenvalue weighted by Crippen LogP contribution is -2.36. The van der Waals surface area contributed by atoms with Gasteiger partial charge in [0.15, 0.2) is 0 Å². The Morgan fingerprint density at radius 1 is 0.791 bits per heavy atom. The van der Waals surface area contributed by atoms with Crippen molar-refractivity contribution < 1.29 is 38.7 Å². The van der Waals surface area contributed by atoms with Crippen molar-refractivity contribution in [1.29, 1.82) is 0 Å². The summed E-state index contributed by atoms with van der Waals surface area (Å²) in [6, 6.07) is 0.751. The highest BCUT2D eigenvalue weighted by Crippen LogP contribution is 2.34. The molecule has 240 valence electrons. The minimum Gasteiger partial charge on any atom is -0.396 e. The molecule has 43 heavy (non-hydrogen) atoms. The van der Waals surface area contributed by atoms with Crippen LogP contribution in [0.3, 0.4) is 0 Å². The second-order valence-electron chi connectivity index (χ2n) is 11.2. The van der Waals surface area contributed by atoms with E-state index in [-0.39, 0.29) is 68.0 Å². The summed E-state index contributed by atoms with van der Waals surface area (Å²) in [5.74, 6) is 0.487. The van der Waals surface area contributed by atoms with E-state index in [1.54, 1.807) is 0 Å². The van der Waals surface area contributed by atoms with E-state index in [4.69, 9.17) is 9.94 Å². The van der Waals surface area contributed by atoms with Gasteiger partial charge in [-0.15, -0.1) is 5.06 Å². The van der Waals surface area contributed by atoms with Crippen LogP contribution in [0.1, 0.15) is 70.6 Å². The number of hydrogen-bond donors (Lipinski definition) is 6. The molecule has 16 heteroatoms. The normalized spacial score (nSPS) is 28.7. The number of nitrogens with one attached hydrogen (secondary N) is 5. The zero-order chi connectivity index (χ0) is 30.8. The molecule has 5 heterocycles. The fourth-order valence-electron chi connectivity index (χ4n) is 5.73. The number of fused-ring (bicyclic) bond motifs is 2. The van der Waals surface area contributed by atoms with Gasteiger partial charge in [-0.05, 0) is 32.1 Å². The van der Waals surface area contributed by atoms with Crippen LogP contribution in [0.2, 0.25) is 0 Å². The number of unbranched alkanes of at least 4 members (excludes halogenated alkanes) is 2. The van der Waals surface area contributed by atoms with Crippen LogP contribution in [0, 0.1) is 0 Å². The maximum absolute atomic E-state index is 11.7. The van der Waals surface area contributed by atoms with Crippen LogP contribution < -0.4 is 26.6 Å². The average Bonchev–Trinajstić information content (AvgIpc) is 3.77. The number of amides is 7. The standard InChI is InChI=1S/C14H19N3O5S.C13H23N3O3S/c18-10-5-6-11(19)17(10)22-12(20)4-2-1-3-9-13-8(7-23-9)15-14(21)16-13;17-7-3-6-14-11(18)5-2-1-4-10-12-9(8-20-10)15-13(19)16-12/h8-9,13H,1-7H2,(H2,15,16,21);9-10,12,17H,1-8H2,(H,14,18)(H2,15,16,19)/t8-,9-,13-;9-,10-,12-/m00/s1. The molecule has 0 spiro atoms. The van der Waals surface area contributed by atoms with E-state index < -0.39 is 17.8 Å². The Hall–Kier alpha value is -2.72. The minimum atomic E-state index is -0.554. The van der Waals surface area contributed by atoms with Gasteiger partial charge in [0, 0.05) is 60.8 Å². The first-order chi connectivity index (χ1) is 20.7. The molecule has 0 aromatic rings. The first-order valence-electron chi connectivity index (χ1n) is 15.1. The van der Waals surface area contributed by atoms with Gasteiger partial charge in [-0.1, -0.05) is 12.8 Å². The van der Waals surface area contributed by atoms with Gasteiger partial charge in [0.25, 0.3) is 11.8 Å². The largest absolute Gasteiger partial charge is 0.396 e. The molecule has 5 aliphatic heterocycles. The lowest BCUT2D eigenvalue weighted by molar-refractivity contribution is -0.197. The summed E-state index contributed by atoms with van der Waals surface area (Å²) < 4.78 is 0. The van der Waals surface area contributed by atoms with Crippen molar-refractivity contribution in [3.05, 3.63) is 0 Å². The lowest BCUT2D eigenvalue weighted by atomic mass is 10.0. The van der Waals surface area contributed by atoms with E-state index in [0.717, 1.165) is 43.6 Å². The molecular formula is C27H42N6O8S2. The maximum Gasteiger partial charge on any atom is 0.333 e. The third-order valence-electron chi connectivity index (χ3n) is 7.99. The molecule has 5 fully saturated rings. The molecule has 14 nitrogen and oxygen atoms in total. The fourth-order valence-corrected chi connectivity index (χ4v) is 8.82. The van der Waals surface area contributed by atoms with Crippen LogP contribution in [-0.4, -0.2) is 105 Å². The topological polar surface area (TPSA) is 195 Å². The van der Waals surface area contributed by atoms with Crippen LogP contribution >= 0.6 is 23.5 Å². The summed E-state index contributed by atoms with van der Waals surface area (Å²) in [5.41, 5.74) is 0. The lowest BCUT2D eigenvalue weighted by Gasteiger charge is -2.16. The van der Waals surface area contributed by atoms with E-state index in [2.05, 4.69) is 26.6 Å². The Kier molecular flexibility index (Phi) is 12.6. The van der Waals surface area contributed by atoms with Gasteiger partial charge < -0.3 is 36.5 Å². The number of nitrogens with zero attached hydrogens (tertiary/aromatic N) is 1. The molecule has 5 saturated heterocycles. The second-order valence-corrected chi connectivity index (χ2v) is 13.8. The SMILES string of the molecule is O=C(CCCC[C@@H]1SC[C@@H]2NC(=O)N[C@@H]21)NCCCO.O=C1N[C@H]2[C@H](CS[C@H]2CCCCC(=O)ON2C(=O)CCC2=O)N1. The monoisotopic (exact) mass is 642 g/mol. The number of thioether (sulfide) groups is 2. The van der Waals surface area contributed by atoms with Crippen molar-refractivity contribution in [2.75, 3.05) is 24.7 Å². The Bertz CT molecular complexity index is 1030. The fraction of sp³-hybridized carbons (Fsp3) is 0.778. The Morgan fingerprint density at radius 2 is 1.33 bits per heavy atom. The van der Waals surface area contributed by atoms with Crippen LogP contribution in [0.4, 0.5) is 9.59 Å². The predicted molar refractivity (Wildman–Crippen MR) is 160 cm³/mol. The molecule has 0 bridgehead atoms. The van der Waals surface area contributed by atoms with E-state index in [1.165, 1.54) is 0 Å². The zero-order valence-electron chi connectivity index (χ0n) is 24.1. The molecule has 0 saturated carbocycles. The summed E-state index contributed by atoms with van der Waals surface area (Å²) in [7, 11) is 0. The number of imide groups is 1. The number of aliphatic hydroxyl groups excluding tert-OH is 1. The number of hydrogen-bond acceptors (Lipinski definition) is 10. The highest BCUT2D eigenvalue weighted by molar-refractivity contribution is 8.00. The Balaban J connectivity index is 0.000000199. The Labute approximate surface area is 259 Å². The second kappa shape index (κ2) is 16.4. The molecule has 0 aromatic carbocycles. The summed E-state index contributed by atoms with van der Waals surface area (Å²) >= 11 is 3.74. The van der Waals surface area contributed by atoms with Crippen molar-refractivity contribution in [3.63, 3.8) is 0 Å². The highest BCUT2D eigenvalue weighted by Gasteiger charge is 2.43. The first-order valence-corrected chi connectivity index (χ1v) is 17.2.